The summed E-state index contributed by atoms with van der Waals surface area (Å²) in [5.74, 6) is -1.50. The van der Waals surface area contributed by atoms with Gasteiger partial charge in [-0.3, -0.25) is 14.5 Å². The van der Waals surface area contributed by atoms with Crippen LogP contribution in [0.25, 0.3) is 5.82 Å². The summed E-state index contributed by atoms with van der Waals surface area (Å²) >= 11 is 0. The number of carbonyl (C=O) groups is 2. The molecular weight excluding hydrogens is 610 g/mol. The Morgan fingerprint density at radius 3 is 2.52 bits per heavy atom. The van der Waals surface area contributed by atoms with Crippen molar-refractivity contribution in [1.29, 1.82) is 0 Å². The van der Waals surface area contributed by atoms with Crippen LogP contribution in [0.5, 0.6) is 0 Å². The molecule has 242 valence electrons. The van der Waals surface area contributed by atoms with Crippen LogP contribution >= 0.6 is 0 Å². The lowest BCUT2D eigenvalue weighted by atomic mass is 10.1. The van der Waals surface area contributed by atoms with E-state index in [0.717, 1.165) is 31.3 Å². The van der Waals surface area contributed by atoms with Gasteiger partial charge in [0.15, 0.2) is 11.5 Å². The van der Waals surface area contributed by atoms with Crippen LogP contribution in [0.3, 0.4) is 0 Å². The number of halogens is 4. The molecule has 46 heavy (non-hydrogen) atoms. The van der Waals surface area contributed by atoms with E-state index in [1.165, 1.54) is 24.1 Å². The average Bonchev–Trinajstić information content (AvgIpc) is 3.46. The Labute approximate surface area is 261 Å². The zero-order chi connectivity index (χ0) is 32.8. The van der Waals surface area contributed by atoms with E-state index in [1.54, 1.807) is 31.2 Å². The van der Waals surface area contributed by atoms with E-state index < -0.39 is 29.4 Å². The Balaban J connectivity index is 1.37. The second kappa shape index (κ2) is 13.9. The van der Waals surface area contributed by atoms with Gasteiger partial charge in [-0.05, 0) is 42.8 Å². The van der Waals surface area contributed by atoms with E-state index in [1.807, 2.05) is 0 Å². The highest BCUT2D eigenvalue weighted by atomic mass is 19.4. The van der Waals surface area contributed by atoms with Crippen LogP contribution in [-0.4, -0.2) is 82.9 Å². The molecular formula is C30H31F4N9O3. The Kier molecular flexibility index (Phi) is 9.77. The van der Waals surface area contributed by atoms with Crippen LogP contribution in [0.1, 0.15) is 32.0 Å². The van der Waals surface area contributed by atoms with Crippen molar-refractivity contribution < 1.29 is 31.9 Å². The molecule has 1 saturated heterocycles. The topological polar surface area (TPSA) is 138 Å². The first-order valence-corrected chi connectivity index (χ1v) is 14.3. The molecule has 0 atom stereocenters. The number of hydrogen-bond donors (Lipinski definition) is 4. The molecule has 0 unspecified atom stereocenters. The summed E-state index contributed by atoms with van der Waals surface area (Å²) in [7, 11) is 1.48. The molecule has 0 bridgehead atoms. The Morgan fingerprint density at radius 1 is 1.00 bits per heavy atom. The van der Waals surface area contributed by atoms with Crippen LogP contribution in [0.15, 0.2) is 54.9 Å². The Bertz CT molecular complexity index is 1720. The zero-order valence-corrected chi connectivity index (χ0v) is 24.9. The number of anilines is 4. The molecule has 1 aliphatic heterocycles. The van der Waals surface area contributed by atoms with E-state index in [4.69, 9.17) is 4.74 Å². The minimum Gasteiger partial charge on any atom is -0.379 e. The first-order chi connectivity index (χ1) is 22.0. The van der Waals surface area contributed by atoms with Crippen molar-refractivity contribution in [3.8, 4) is 5.82 Å². The van der Waals surface area contributed by atoms with Crippen molar-refractivity contribution >= 4 is 34.8 Å². The smallest absolute Gasteiger partial charge is 0.379 e. The van der Waals surface area contributed by atoms with Crippen molar-refractivity contribution in [1.82, 2.24) is 30.0 Å². The van der Waals surface area contributed by atoms with Crippen LogP contribution in [-0.2, 0) is 10.9 Å². The predicted molar refractivity (Wildman–Crippen MR) is 162 cm³/mol. The van der Waals surface area contributed by atoms with Gasteiger partial charge in [0.2, 0.25) is 0 Å². The van der Waals surface area contributed by atoms with Gasteiger partial charge in [-0.15, -0.1) is 0 Å². The maximum Gasteiger partial charge on any atom is 0.419 e. The van der Waals surface area contributed by atoms with Gasteiger partial charge < -0.3 is 26.0 Å². The average molecular weight is 642 g/mol. The van der Waals surface area contributed by atoms with Crippen LogP contribution in [0, 0.1) is 12.7 Å². The first-order valence-electron chi connectivity index (χ1n) is 14.3. The molecule has 16 heteroatoms. The number of hydrogen-bond acceptors (Lipinski definition) is 9. The fourth-order valence-corrected chi connectivity index (χ4v) is 4.67. The summed E-state index contributed by atoms with van der Waals surface area (Å²) < 4.78 is 60.1. The number of rotatable bonds is 10. The highest BCUT2D eigenvalue weighted by molar-refractivity contribution is 6.04. The molecule has 4 aromatic rings. The number of benzene rings is 2. The molecule has 3 heterocycles. The van der Waals surface area contributed by atoms with Crippen LogP contribution < -0.4 is 21.3 Å². The molecule has 2 aromatic carbocycles. The number of nitrogens with one attached hydrogen (secondary N) is 4. The van der Waals surface area contributed by atoms with Gasteiger partial charge in [-0.1, -0.05) is 6.07 Å². The van der Waals surface area contributed by atoms with Gasteiger partial charge in [0.1, 0.15) is 23.8 Å². The standard InChI is InChI=1S/C30H31F4N9O3/c1-18-3-5-20(39-28(44)19-4-6-22(31)21(13-19)30(32,33)34)14-23(18)40-27-15-24(29(45)35-2)41-43(27)26-16-25(37-17-38-26)36-7-8-42-9-11-46-12-10-42/h3-6,13-17,40H,7-12H2,1-2H3,(H,35,45)(H,39,44)(H,36,37,38). The lowest BCUT2D eigenvalue weighted by Gasteiger charge is -2.26. The molecule has 0 aliphatic carbocycles. The Hall–Kier alpha value is -5.09. The number of carbonyl (C=O) groups excluding carboxylic acids is 2. The summed E-state index contributed by atoms with van der Waals surface area (Å²) in [6.45, 7) is 6.35. The quantitative estimate of drug-likeness (QED) is 0.188. The molecule has 0 saturated carbocycles. The van der Waals surface area contributed by atoms with Gasteiger partial charge in [-0.2, -0.15) is 23.0 Å². The predicted octanol–water partition coefficient (Wildman–Crippen LogP) is 4.23. The van der Waals surface area contributed by atoms with Crippen molar-refractivity contribution in [2.45, 2.75) is 13.1 Å². The number of morpholine rings is 1. The van der Waals surface area contributed by atoms with Gasteiger partial charge in [0, 0.05) is 62.3 Å². The molecule has 5 rings (SSSR count). The second-order valence-corrected chi connectivity index (χ2v) is 10.3. The molecule has 0 radical (unpaired) electrons. The van der Waals surface area contributed by atoms with Gasteiger partial charge in [0.05, 0.1) is 18.8 Å². The summed E-state index contributed by atoms with van der Waals surface area (Å²) in [5, 5.41) is 16.0. The molecule has 4 N–H and O–H groups in total. The fraction of sp³-hybridized carbons (Fsp3) is 0.300. The molecule has 1 fully saturated rings. The highest BCUT2D eigenvalue weighted by Crippen LogP contribution is 2.32. The number of aryl methyl sites for hydroxylation is 1. The summed E-state index contributed by atoms with van der Waals surface area (Å²) in [5.41, 5.74) is -0.314. The third kappa shape index (κ3) is 7.76. The summed E-state index contributed by atoms with van der Waals surface area (Å²) in [6, 6.07) is 10.1. The number of nitrogens with zero attached hydrogens (tertiary/aromatic N) is 5. The van der Waals surface area contributed by atoms with Crippen molar-refractivity contribution in [3.05, 3.63) is 83.1 Å². The fourth-order valence-electron chi connectivity index (χ4n) is 4.67. The maximum absolute atomic E-state index is 13.7. The first kappa shape index (κ1) is 32.3. The van der Waals surface area contributed by atoms with Gasteiger partial charge in [-0.25, -0.2) is 14.4 Å². The van der Waals surface area contributed by atoms with Crippen LogP contribution in [0.2, 0.25) is 0 Å². The monoisotopic (exact) mass is 641 g/mol. The van der Waals surface area contributed by atoms with Gasteiger partial charge in [0.25, 0.3) is 11.8 Å². The third-order valence-corrected chi connectivity index (χ3v) is 7.17. The lowest BCUT2D eigenvalue weighted by Crippen LogP contribution is -2.39. The SMILES string of the molecule is CNC(=O)c1cc(Nc2cc(NC(=O)c3ccc(F)c(C(F)(F)F)c3)ccc2C)n(-c2cc(NCCN3CCOCC3)ncn2)n1. The molecule has 12 nitrogen and oxygen atoms in total. The minimum atomic E-state index is -4.96. The van der Waals surface area contributed by atoms with E-state index in [-0.39, 0.29) is 16.9 Å². The molecule has 0 spiro atoms. The number of alkyl halides is 3. The van der Waals surface area contributed by atoms with E-state index in [9.17, 15) is 27.2 Å². The molecule has 1 aliphatic rings. The normalized spacial score (nSPS) is 13.7. The van der Waals surface area contributed by atoms with E-state index in [0.29, 0.717) is 55.0 Å². The number of amides is 2. The Morgan fingerprint density at radius 2 is 1.78 bits per heavy atom. The summed E-state index contributed by atoms with van der Waals surface area (Å²) in [6.07, 6.45) is -3.58. The van der Waals surface area contributed by atoms with Gasteiger partial charge >= 0.3 is 6.18 Å². The lowest BCUT2D eigenvalue weighted by molar-refractivity contribution is -0.140. The van der Waals surface area contributed by atoms with Crippen LogP contribution in [0.4, 0.5) is 40.6 Å². The van der Waals surface area contributed by atoms with Crippen molar-refractivity contribution in [2.75, 3.05) is 62.4 Å². The third-order valence-electron chi connectivity index (χ3n) is 7.17. The largest absolute Gasteiger partial charge is 0.419 e. The minimum absolute atomic E-state index is 0.101. The second-order valence-electron chi connectivity index (χ2n) is 10.3. The van der Waals surface area contributed by atoms with E-state index >= 15 is 0 Å². The highest BCUT2D eigenvalue weighted by Gasteiger charge is 2.34. The molecule has 2 amide bonds. The molecule has 2 aromatic heterocycles. The maximum atomic E-state index is 13.7. The van der Waals surface area contributed by atoms with Crippen molar-refractivity contribution in [2.24, 2.45) is 0 Å². The number of ether oxygens (including phenoxy) is 1. The van der Waals surface area contributed by atoms with E-state index in [2.05, 4.69) is 41.2 Å². The number of aromatic nitrogens is 4. The van der Waals surface area contributed by atoms with Crippen molar-refractivity contribution in [3.63, 3.8) is 0 Å². The summed E-state index contributed by atoms with van der Waals surface area (Å²) in [4.78, 5) is 36.2. The zero-order valence-electron chi connectivity index (χ0n) is 24.9.